The number of aromatic carboxylic acids is 1. The summed E-state index contributed by atoms with van der Waals surface area (Å²) in [6.07, 6.45) is 3.66. The maximum Gasteiger partial charge on any atom is 0.335 e. The van der Waals surface area contributed by atoms with Crippen molar-refractivity contribution in [1.29, 1.82) is 0 Å². The molecule has 1 amide bonds. The molecule has 4 rings (SSSR count). The molecule has 1 aliphatic rings. The van der Waals surface area contributed by atoms with E-state index in [1.165, 1.54) is 16.7 Å². The van der Waals surface area contributed by atoms with Gasteiger partial charge in [-0.15, -0.1) is 11.8 Å². The number of aryl methyl sites for hydroxylation is 1. The second kappa shape index (κ2) is 8.74. The molecule has 5 nitrogen and oxygen atoms in total. The number of rotatable bonds is 5. The zero-order valence-corrected chi connectivity index (χ0v) is 19.1. The third kappa shape index (κ3) is 4.32. The van der Waals surface area contributed by atoms with E-state index in [0.29, 0.717) is 20.7 Å². The number of carboxylic acid groups (broad SMARTS) is 1. The molecular formula is C23H17NO4S3. The van der Waals surface area contributed by atoms with Crippen LogP contribution in [0.15, 0.2) is 68.8 Å². The molecule has 31 heavy (non-hydrogen) atoms. The van der Waals surface area contributed by atoms with Gasteiger partial charge in [-0.2, -0.15) is 0 Å². The molecule has 1 aromatic heterocycles. The zero-order chi connectivity index (χ0) is 22.1. The molecule has 1 aliphatic heterocycles. The summed E-state index contributed by atoms with van der Waals surface area (Å²) in [7, 11) is 0. The molecule has 8 heteroatoms. The number of anilines is 1. The highest BCUT2D eigenvalue weighted by Crippen LogP contribution is 2.37. The van der Waals surface area contributed by atoms with Crippen LogP contribution in [-0.4, -0.2) is 27.6 Å². The molecule has 0 atom stereocenters. The van der Waals surface area contributed by atoms with Crippen molar-refractivity contribution in [2.75, 3.05) is 11.2 Å². The molecule has 1 N–H and O–H groups in total. The maximum absolute atomic E-state index is 13.0. The van der Waals surface area contributed by atoms with E-state index in [9.17, 15) is 9.59 Å². The van der Waals surface area contributed by atoms with Crippen LogP contribution in [0.3, 0.4) is 0 Å². The lowest BCUT2D eigenvalue weighted by Gasteiger charge is -2.15. The molecule has 0 aliphatic carbocycles. The molecule has 1 saturated heterocycles. The molecule has 156 valence electrons. The van der Waals surface area contributed by atoms with Crippen molar-refractivity contribution >= 4 is 63.7 Å². The minimum Gasteiger partial charge on any atom is -0.478 e. The van der Waals surface area contributed by atoms with Crippen LogP contribution < -0.4 is 4.90 Å². The summed E-state index contributed by atoms with van der Waals surface area (Å²) in [5.74, 6) is -0.0352. The molecule has 1 fully saturated rings. The van der Waals surface area contributed by atoms with E-state index in [1.807, 2.05) is 37.4 Å². The lowest BCUT2D eigenvalue weighted by atomic mass is 10.0. The van der Waals surface area contributed by atoms with E-state index in [-0.39, 0.29) is 11.5 Å². The number of amides is 1. The summed E-state index contributed by atoms with van der Waals surface area (Å²) >= 11 is 8.28. The molecule has 0 radical (unpaired) electrons. The van der Waals surface area contributed by atoms with Crippen molar-refractivity contribution in [2.24, 2.45) is 0 Å². The SMILES string of the molecule is CSc1cccc(N2C(=O)/C(=C\c3ccc(-c4ccc(C(=O)O)cc4C)o3)SC2=S)c1. The average molecular weight is 468 g/mol. The molecule has 2 aromatic carbocycles. The Morgan fingerprint density at radius 1 is 1.19 bits per heavy atom. The van der Waals surface area contributed by atoms with Gasteiger partial charge in [0.15, 0.2) is 4.32 Å². The molecular weight excluding hydrogens is 450 g/mol. The number of hydrogen-bond acceptors (Lipinski definition) is 6. The normalized spacial score (nSPS) is 15.2. The van der Waals surface area contributed by atoms with E-state index in [0.717, 1.165) is 21.7 Å². The van der Waals surface area contributed by atoms with Crippen molar-refractivity contribution in [3.8, 4) is 11.3 Å². The highest BCUT2D eigenvalue weighted by atomic mass is 32.2. The van der Waals surface area contributed by atoms with Crippen LogP contribution in [-0.2, 0) is 4.79 Å². The van der Waals surface area contributed by atoms with Crippen LogP contribution in [0, 0.1) is 6.92 Å². The van der Waals surface area contributed by atoms with E-state index < -0.39 is 5.97 Å². The lowest BCUT2D eigenvalue weighted by molar-refractivity contribution is -0.113. The van der Waals surface area contributed by atoms with Gasteiger partial charge in [-0.3, -0.25) is 9.69 Å². The molecule has 0 unspecified atom stereocenters. The van der Waals surface area contributed by atoms with E-state index in [1.54, 1.807) is 48.2 Å². The molecule has 0 spiro atoms. The molecule has 0 saturated carbocycles. The van der Waals surface area contributed by atoms with Crippen LogP contribution in [0.4, 0.5) is 5.69 Å². The lowest BCUT2D eigenvalue weighted by Crippen LogP contribution is -2.27. The Bertz CT molecular complexity index is 1250. The van der Waals surface area contributed by atoms with Gasteiger partial charge in [-0.25, -0.2) is 4.79 Å². The fourth-order valence-corrected chi connectivity index (χ4v) is 4.95. The third-order valence-electron chi connectivity index (χ3n) is 4.74. The monoisotopic (exact) mass is 467 g/mol. The van der Waals surface area contributed by atoms with Gasteiger partial charge in [-0.05, 0) is 61.2 Å². The Balaban J connectivity index is 1.60. The number of furan rings is 1. The Kier molecular flexibility index (Phi) is 6.04. The number of thiocarbonyl (C=S) groups is 1. The minimum absolute atomic E-state index is 0.187. The average Bonchev–Trinajstić information content (AvgIpc) is 3.32. The van der Waals surface area contributed by atoms with Crippen molar-refractivity contribution < 1.29 is 19.1 Å². The van der Waals surface area contributed by atoms with Crippen molar-refractivity contribution in [3.05, 3.63) is 76.4 Å². The first kappa shape index (κ1) is 21.4. The molecule has 2 heterocycles. The van der Waals surface area contributed by atoms with Crippen LogP contribution in [0.1, 0.15) is 21.7 Å². The third-order valence-corrected chi connectivity index (χ3v) is 6.77. The van der Waals surface area contributed by atoms with Crippen LogP contribution in [0.5, 0.6) is 0 Å². The largest absolute Gasteiger partial charge is 0.478 e. The second-order valence-corrected chi connectivity index (χ2v) is 9.31. The first-order valence-electron chi connectivity index (χ1n) is 9.23. The Morgan fingerprint density at radius 2 is 2.00 bits per heavy atom. The van der Waals surface area contributed by atoms with Crippen LogP contribution in [0.25, 0.3) is 17.4 Å². The minimum atomic E-state index is -0.972. The number of hydrogen-bond donors (Lipinski definition) is 1. The Hall–Kier alpha value is -2.81. The number of nitrogens with zero attached hydrogens (tertiary/aromatic N) is 1. The number of carbonyl (C=O) groups excluding carboxylic acids is 1. The highest BCUT2D eigenvalue weighted by Gasteiger charge is 2.33. The van der Waals surface area contributed by atoms with Crippen molar-refractivity contribution in [1.82, 2.24) is 0 Å². The Morgan fingerprint density at radius 3 is 2.71 bits per heavy atom. The van der Waals surface area contributed by atoms with Gasteiger partial charge in [0.05, 0.1) is 16.2 Å². The van der Waals surface area contributed by atoms with E-state index >= 15 is 0 Å². The summed E-state index contributed by atoms with van der Waals surface area (Å²) in [5.41, 5.74) is 2.56. The molecule has 0 bridgehead atoms. The van der Waals surface area contributed by atoms with Gasteiger partial charge in [0, 0.05) is 16.5 Å². The van der Waals surface area contributed by atoms with Gasteiger partial charge >= 0.3 is 5.97 Å². The second-order valence-electron chi connectivity index (χ2n) is 6.76. The number of carboxylic acids is 1. The summed E-state index contributed by atoms with van der Waals surface area (Å²) in [6.45, 7) is 1.83. The number of benzene rings is 2. The maximum atomic E-state index is 13.0. The van der Waals surface area contributed by atoms with Gasteiger partial charge in [-0.1, -0.05) is 36.1 Å². The fraction of sp³-hybridized carbons (Fsp3) is 0.0870. The van der Waals surface area contributed by atoms with E-state index in [2.05, 4.69) is 0 Å². The van der Waals surface area contributed by atoms with Crippen molar-refractivity contribution in [3.63, 3.8) is 0 Å². The number of thioether (sulfide) groups is 2. The van der Waals surface area contributed by atoms with E-state index in [4.69, 9.17) is 21.7 Å². The van der Waals surface area contributed by atoms with Crippen molar-refractivity contribution in [2.45, 2.75) is 11.8 Å². The predicted molar refractivity (Wildman–Crippen MR) is 130 cm³/mol. The number of carbonyl (C=O) groups is 2. The van der Waals surface area contributed by atoms with Gasteiger partial charge in [0.25, 0.3) is 5.91 Å². The van der Waals surface area contributed by atoms with Crippen LogP contribution >= 0.6 is 35.7 Å². The predicted octanol–water partition coefficient (Wildman–Crippen LogP) is 6.08. The topological polar surface area (TPSA) is 70.8 Å². The first-order chi connectivity index (χ1) is 14.9. The fourth-order valence-electron chi connectivity index (χ4n) is 3.22. The van der Waals surface area contributed by atoms with Gasteiger partial charge < -0.3 is 9.52 Å². The zero-order valence-electron chi connectivity index (χ0n) is 16.6. The standard InChI is InChI=1S/C23H17NO4S3/c1-13-10-14(22(26)27)6-8-18(13)19-9-7-16(28-19)12-20-21(25)24(23(29)31-20)15-4-3-5-17(11-15)30-2/h3-12H,1-2H3,(H,26,27)/b20-12+. The van der Waals surface area contributed by atoms with Crippen LogP contribution in [0.2, 0.25) is 0 Å². The summed E-state index contributed by atoms with van der Waals surface area (Å²) in [5, 5.41) is 9.13. The smallest absolute Gasteiger partial charge is 0.335 e. The summed E-state index contributed by atoms with van der Waals surface area (Å²) in [4.78, 5) is 27.2. The summed E-state index contributed by atoms with van der Waals surface area (Å²) < 4.78 is 6.39. The Labute approximate surface area is 193 Å². The first-order valence-corrected chi connectivity index (χ1v) is 11.7. The van der Waals surface area contributed by atoms with Gasteiger partial charge in [0.1, 0.15) is 11.5 Å². The summed E-state index contributed by atoms with van der Waals surface area (Å²) in [6, 6.07) is 16.1. The van der Waals surface area contributed by atoms with Gasteiger partial charge in [0.2, 0.25) is 0 Å². The highest BCUT2D eigenvalue weighted by molar-refractivity contribution is 8.27. The quantitative estimate of drug-likeness (QED) is 0.277. The molecule has 3 aromatic rings.